The Labute approximate surface area is 163 Å². The second-order valence-electron chi connectivity index (χ2n) is 6.73. The van der Waals surface area contributed by atoms with E-state index in [9.17, 15) is 4.79 Å². The maximum atomic E-state index is 12.5. The summed E-state index contributed by atoms with van der Waals surface area (Å²) >= 11 is 0. The molecule has 8 nitrogen and oxygen atoms in total. The first-order chi connectivity index (χ1) is 13.8. The van der Waals surface area contributed by atoms with Gasteiger partial charge in [0.25, 0.3) is 5.91 Å². The summed E-state index contributed by atoms with van der Waals surface area (Å²) < 4.78 is 7.34. The Bertz CT molecular complexity index is 900. The van der Waals surface area contributed by atoms with Gasteiger partial charge in [0.2, 0.25) is 0 Å². The van der Waals surface area contributed by atoms with Crippen LogP contribution in [0.4, 0.5) is 0 Å². The fourth-order valence-electron chi connectivity index (χ4n) is 3.27. The largest absolute Gasteiger partial charge is 0.374 e. The van der Waals surface area contributed by atoms with Crippen LogP contribution in [0.15, 0.2) is 60.9 Å². The molecule has 28 heavy (non-hydrogen) atoms. The van der Waals surface area contributed by atoms with E-state index in [0.717, 1.165) is 25.3 Å². The van der Waals surface area contributed by atoms with E-state index < -0.39 is 0 Å². The zero-order valence-electron chi connectivity index (χ0n) is 15.4. The molecule has 1 fully saturated rings. The first kappa shape index (κ1) is 18.3. The number of benzene rings is 2. The monoisotopic (exact) mass is 378 g/mol. The van der Waals surface area contributed by atoms with Crippen LogP contribution in [-0.2, 0) is 11.3 Å². The molecule has 0 radical (unpaired) electrons. The van der Waals surface area contributed by atoms with E-state index in [0.29, 0.717) is 18.7 Å². The van der Waals surface area contributed by atoms with Gasteiger partial charge in [-0.3, -0.25) is 9.69 Å². The normalized spacial score (nSPS) is 17.4. The molecule has 1 saturated heterocycles. The summed E-state index contributed by atoms with van der Waals surface area (Å²) in [5, 5.41) is 14.1. The van der Waals surface area contributed by atoms with E-state index >= 15 is 0 Å². The molecule has 4 rings (SSSR count). The number of tetrazole rings is 1. The molecule has 0 saturated carbocycles. The highest BCUT2D eigenvalue weighted by Crippen LogP contribution is 2.11. The maximum Gasteiger partial charge on any atom is 0.251 e. The van der Waals surface area contributed by atoms with Crippen LogP contribution in [0.2, 0.25) is 0 Å². The molecule has 3 aromatic rings. The van der Waals surface area contributed by atoms with Gasteiger partial charge in [0.05, 0.1) is 18.4 Å². The van der Waals surface area contributed by atoms with Crippen molar-refractivity contribution < 1.29 is 9.53 Å². The SMILES string of the molecule is O=C(NCC1CN(Cc2ccccc2)CCO1)c1cccc(-n2cnnn2)c1. The van der Waals surface area contributed by atoms with E-state index in [-0.39, 0.29) is 12.0 Å². The number of rotatable bonds is 6. The van der Waals surface area contributed by atoms with Gasteiger partial charge in [-0.25, -0.2) is 4.68 Å². The summed E-state index contributed by atoms with van der Waals surface area (Å²) in [7, 11) is 0. The molecule has 1 aliphatic rings. The molecule has 1 atom stereocenters. The smallest absolute Gasteiger partial charge is 0.251 e. The first-order valence-electron chi connectivity index (χ1n) is 9.27. The highest BCUT2D eigenvalue weighted by atomic mass is 16.5. The Morgan fingerprint density at radius 3 is 2.89 bits per heavy atom. The van der Waals surface area contributed by atoms with Crippen LogP contribution in [0.5, 0.6) is 0 Å². The number of nitrogens with zero attached hydrogens (tertiary/aromatic N) is 5. The van der Waals surface area contributed by atoms with Crippen molar-refractivity contribution in [3.8, 4) is 5.69 Å². The molecule has 0 spiro atoms. The second-order valence-corrected chi connectivity index (χ2v) is 6.73. The molecular weight excluding hydrogens is 356 g/mol. The summed E-state index contributed by atoms with van der Waals surface area (Å²) in [5.41, 5.74) is 2.58. The Morgan fingerprint density at radius 1 is 1.18 bits per heavy atom. The highest BCUT2D eigenvalue weighted by Gasteiger charge is 2.21. The quantitative estimate of drug-likeness (QED) is 0.696. The van der Waals surface area contributed by atoms with Crippen LogP contribution in [-0.4, -0.2) is 63.4 Å². The van der Waals surface area contributed by atoms with Crippen molar-refractivity contribution in [1.29, 1.82) is 0 Å². The topological polar surface area (TPSA) is 85.2 Å². The number of morpholine rings is 1. The number of hydrogen-bond acceptors (Lipinski definition) is 6. The van der Waals surface area contributed by atoms with Gasteiger partial charge in [0.1, 0.15) is 6.33 Å². The number of ether oxygens (including phenoxy) is 1. The second kappa shape index (κ2) is 8.73. The third-order valence-corrected chi connectivity index (χ3v) is 4.68. The first-order valence-corrected chi connectivity index (χ1v) is 9.27. The van der Waals surface area contributed by atoms with E-state index in [1.807, 2.05) is 18.2 Å². The number of carbonyl (C=O) groups is 1. The van der Waals surface area contributed by atoms with Gasteiger partial charge in [0, 0.05) is 31.7 Å². The number of aromatic nitrogens is 4. The van der Waals surface area contributed by atoms with Crippen molar-refractivity contribution in [2.24, 2.45) is 0 Å². The molecule has 8 heteroatoms. The molecule has 1 aromatic heterocycles. The van der Waals surface area contributed by atoms with Gasteiger partial charge in [0.15, 0.2) is 0 Å². The van der Waals surface area contributed by atoms with Crippen LogP contribution in [0.25, 0.3) is 5.69 Å². The molecule has 1 amide bonds. The molecule has 1 N–H and O–H groups in total. The number of nitrogens with one attached hydrogen (secondary N) is 1. The molecule has 1 aliphatic heterocycles. The molecule has 0 aliphatic carbocycles. The van der Waals surface area contributed by atoms with Gasteiger partial charge < -0.3 is 10.1 Å². The summed E-state index contributed by atoms with van der Waals surface area (Å²) in [6.45, 7) is 3.72. The van der Waals surface area contributed by atoms with Crippen LogP contribution in [0.3, 0.4) is 0 Å². The fraction of sp³-hybridized carbons (Fsp3) is 0.300. The Morgan fingerprint density at radius 2 is 2.07 bits per heavy atom. The third kappa shape index (κ3) is 4.59. The lowest BCUT2D eigenvalue weighted by atomic mass is 10.1. The molecule has 2 aromatic carbocycles. The summed E-state index contributed by atoms with van der Waals surface area (Å²) in [5.74, 6) is -0.140. The predicted octanol–water partition coefficient (Wildman–Crippen LogP) is 1.29. The average molecular weight is 378 g/mol. The van der Waals surface area contributed by atoms with Gasteiger partial charge >= 0.3 is 0 Å². The van der Waals surface area contributed by atoms with Crippen LogP contribution < -0.4 is 5.32 Å². The van der Waals surface area contributed by atoms with Crippen molar-refractivity contribution >= 4 is 5.91 Å². The lowest BCUT2D eigenvalue weighted by Crippen LogP contribution is -2.47. The minimum absolute atomic E-state index is 0.0240. The lowest BCUT2D eigenvalue weighted by Gasteiger charge is -2.33. The van der Waals surface area contributed by atoms with Gasteiger partial charge in [-0.15, -0.1) is 5.10 Å². The van der Waals surface area contributed by atoms with Crippen LogP contribution in [0.1, 0.15) is 15.9 Å². The van der Waals surface area contributed by atoms with Crippen molar-refractivity contribution in [2.75, 3.05) is 26.2 Å². The van der Waals surface area contributed by atoms with Crippen molar-refractivity contribution in [3.05, 3.63) is 72.1 Å². The molecule has 1 unspecified atom stereocenters. The zero-order valence-corrected chi connectivity index (χ0v) is 15.4. The summed E-state index contributed by atoms with van der Waals surface area (Å²) in [6, 6.07) is 17.6. The molecular formula is C20H22N6O2. The minimum atomic E-state index is -0.140. The van der Waals surface area contributed by atoms with E-state index in [1.165, 1.54) is 16.6 Å². The van der Waals surface area contributed by atoms with Crippen molar-refractivity contribution in [3.63, 3.8) is 0 Å². The molecule has 0 bridgehead atoms. The van der Waals surface area contributed by atoms with E-state index in [2.05, 4.69) is 50.0 Å². The Balaban J connectivity index is 1.31. The van der Waals surface area contributed by atoms with Crippen LogP contribution >= 0.6 is 0 Å². The number of hydrogen-bond donors (Lipinski definition) is 1. The highest BCUT2D eigenvalue weighted by molar-refractivity contribution is 5.94. The zero-order chi connectivity index (χ0) is 19.2. The predicted molar refractivity (Wildman–Crippen MR) is 103 cm³/mol. The van der Waals surface area contributed by atoms with Gasteiger partial charge in [-0.05, 0) is 34.2 Å². The average Bonchev–Trinajstić information content (AvgIpc) is 3.28. The maximum absolute atomic E-state index is 12.5. The van der Waals surface area contributed by atoms with Gasteiger partial charge in [-0.2, -0.15) is 0 Å². The standard InChI is InChI=1S/C20H22N6O2/c27-20(17-7-4-8-18(11-17)26-15-22-23-24-26)21-12-19-14-25(9-10-28-19)13-16-5-2-1-3-6-16/h1-8,11,15,19H,9-10,12-14H2,(H,21,27). The van der Waals surface area contributed by atoms with Gasteiger partial charge in [-0.1, -0.05) is 36.4 Å². The molecule has 144 valence electrons. The Hall–Kier alpha value is -3.10. The van der Waals surface area contributed by atoms with E-state index in [4.69, 9.17) is 4.74 Å². The van der Waals surface area contributed by atoms with E-state index in [1.54, 1.807) is 12.1 Å². The van der Waals surface area contributed by atoms with Crippen molar-refractivity contribution in [1.82, 2.24) is 30.4 Å². The number of carbonyl (C=O) groups excluding carboxylic acids is 1. The Kier molecular flexibility index (Phi) is 5.69. The third-order valence-electron chi connectivity index (χ3n) is 4.68. The van der Waals surface area contributed by atoms with Crippen molar-refractivity contribution in [2.45, 2.75) is 12.6 Å². The van der Waals surface area contributed by atoms with Crippen LogP contribution in [0, 0.1) is 0 Å². The minimum Gasteiger partial charge on any atom is -0.374 e. The fourth-order valence-corrected chi connectivity index (χ4v) is 3.27. The molecule has 2 heterocycles. The summed E-state index contributed by atoms with van der Waals surface area (Å²) in [6.07, 6.45) is 1.47. The lowest BCUT2D eigenvalue weighted by molar-refractivity contribution is -0.0292. The number of amides is 1. The summed E-state index contributed by atoms with van der Waals surface area (Å²) in [4.78, 5) is 14.9.